The van der Waals surface area contributed by atoms with Crippen LogP contribution in [-0.2, 0) is 9.84 Å². The molecule has 0 fully saturated rings. The van der Waals surface area contributed by atoms with Gasteiger partial charge in [0.15, 0.2) is 0 Å². The summed E-state index contributed by atoms with van der Waals surface area (Å²) in [6.07, 6.45) is 6.01. The third-order valence-corrected chi connectivity index (χ3v) is 2.69. The second-order valence-electron chi connectivity index (χ2n) is 3.04. The van der Waals surface area contributed by atoms with Crippen LogP contribution in [0.2, 0.25) is 0 Å². The molecule has 0 radical (unpaired) electrons. The molecule has 0 N–H and O–H groups in total. The van der Waals surface area contributed by atoms with Crippen LogP contribution >= 0.6 is 0 Å². The first kappa shape index (κ1) is 9.45. The van der Waals surface area contributed by atoms with Crippen molar-refractivity contribution in [3.05, 3.63) is 24.1 Å². The molecule has 12 heavy (non-hydrogen) atoms. The van der Waals surface area contributed by atoms with Gasteiger partial charge in [0, 0.05) is 6.26 Å². The second kappa shape index (κ2) is 3.39. The van der Waals surface area contributed by atoms with Gasteiger partial charge in [-0.1, -0.05) is 6.08 Å². The topological polar surface area (TPSA) is 34.1 Å². The summed E-state index contributed by atoms with van der Waals surface area (Å²) in [7, 11) is -2.94. The molecule has 0 aromatic rings. The molecule has 1 aliphatic rings. The van der Waals surface area contributed by atoms with Gasteiger partial charge in [0.1, 0.15) is 15.7 Å². The van der Waals surface area contributed by atoms with Gasteiger partial charge < -0.3 is 0 Å². The Labute approximate surface area is 71.7 Å². The fourth-order valence-electron chi connectivity index (χ4n) is 1.15. The summed E-state index contributed by atoms with van der Waals surface area (Å²) in [5.41, 5.74) is 0. The van der Waals surface area contributed by atoms with E-state index in [0.29, 0.717) is 6.42 Å². The largest absolute Gasteiger partial charge is 0.229 e. The van der Waals surface area contributed by atoms with Gasteiger partial charge in [0.2, 0.25) is 0 Å². The third kappa shape index (κ3) is 3.17. The van der Waals surface area contributed by atoms with Crippen LogP contribution in [0.3, 0.4) is 0 Å². The highest BCUT2D eigenvalue weighted by Crippen LogP contribution is 2.18. The molecular formula is C8H11FO2S. The van der Waals surface area contributed by atoms with Gasteiger partial charge in [-0.15, -0.1) is 0 Å². The molecule has 0 aromatic heterocycles. The second-order valence-corrected chi connectivity index (χ2v) is 5.22. The van der Waals surface area contributed by atoms with Crippen molar-refractivity contribution >= 4 is 9.84 Å². The Morgan fingerprint density at radius 2 is 2.33 bits per heavy atom. The summed E-state index contributed by atoms with van der Waals surface area (Å²) in [6.45, 7) is 0. The van der Waals surface area contributed by atoms with E-state index in [9.17, 15) is 12.8 Å². The number of hydrogen-bond acceptors (Lipinski definition) is 2. The van der Waals surface area contributed by atoms with Crippen molar-refractivity contribution in [1.82, 2.24) is 0 Å². The van der Waals surface area contributed by atoms with Crippen LogP contribution in [0.25, 0.3) is 0 Å². The highest BCUT2D eigenvalue weighted by atomic mass is 32.2. The number of hydrogen-bond donors (Lipinski definition) is 0. The lowest BCUT2D eigenvalue weighted by Gasteiger charge is -2.11. The lowest BCUT2D eigenvalue weighted by Crippen LogP contribution is -2.13. The Bertz CT molecular complexity index is 314. The van der Waals surface area contributed by atoms with Crippen molar-refractivity contribution in [2.45, 2.75) is 6.42 Å². The molecule has 0 saturated heterocycles. The van der Waals surface area contributed by atoms with E-state index in [4.69, 9.17) is 0 Å². The molecule has 0 amide bonds. The Hall–Kier alpha value is -0.640. The highest BCUT2D eigenvalue weighted by molar-refractivity contribution is 7.90. The van der Waals surface area contributed by atoms with Crippen molar-refractivity contribution in [3.8, 4) is 0 Å². The Balaban J connectivity index is 2.56. The maximum atomic E-state index is 12.4. The van der Waals surface area contributed by atoms with Gasteiger partial charge in [-0.05, 0) is 24.5 Å². The SMILES string of the molecule is CS(=O)(=O)CC1C=CC(F)=CC1. The first-order chi connectivity index (χ1) is 5.47. The fourth-order valence-corrected chi connectivity index (χ4v) is 2.18. The molecule has 0 saturated carbocycles. The average Bonchev–Trinajstić information content (AvgIpc) is 1.91. The monoisotopic (exact) mass is 190 g/mol. The maximum absolute atomic E-state index is 12.4. The smallest absolute Gasteiger partial charge is 0.148 e. The minimum absolute atomic E-state index is 0.0560. The number of allylic oxidation sites excluding steroid dienone is 4. The molecule has 0 bridgehead atoms. The zero-order valence-electron chi connectivity index (χ0n) is 6.83. The lowest BCUT2D eigenvalue weighted by molar-refractivity contribution is 0.582. The fraction of sp³-hybridized carbons (Fsp3) is 0.500. The molecule has 1 unspecified atom stereocenters. The Kier molecular flexibility index (Phi) is 2.67. The van der Waals surface area contributed by atoms with Crippen LogP contribution < -0.4 is 0 Å². The van der Waals surface area contributed by atoms with Gasteiger partial charge in [-0.3, -0.25) is 0 Å². The minimum atomic E-state index is -2.94. The van der Waals surface area contributed by atoms with E-state index in [1.54, 1.807) is 6.08 Å². The summed E-state index contributed by atoms with van der Waals surface area (Å²) in [5.74, 6) is -0.230. The normalized spacial score (nSPS) is 23.8. The van der Waals surface area contributed by atoms with Crippen LogP contribution in [0.4, 0.5) is 4.39 Å². The lowest BCUT2D eigenvalue weighted by atomic mass is 10.0. The molecule has 0 aromatic carbocycles. The molecule has 68 valence electrons. The predicted molar refractivity (Wildman–Crippen MR) is 46.1 cm³/mol. The van der Waals surface area contributed by atoms with Crippen molar-refractivity contribution < 1.29 is 12.8 Å². The van der Waals surface area contributed by atoms with Crippen molar-refractivity contribution in [1.29, 1.82) is 0 Å². The summed E-state index contributed by atoms with van der Waals surface area (Å²) < 4.78 is 34.1. The third-order valence-electron chi connectivity index (χ3n) is 1.66. The predicted octanol–water partition coefficient (Wildman–Crippen LogP) is 1.46. The molecule has 1 atom stereocenters. The van der Waals surface area contributed by atoms with E-state index in [1.165, 1.54) is 18.4 Å². The quantitative estimate of drug-likeness (QED) is 0.660. The summed E-state index contributed by atoms with van der Waals surface area (Å²) >= 11 is 0. The summed E-state index contributed by atoms with van der Waals surface area (Å²) in [5, 5.41) is 0. The Morgan fingerprint density at radius 3 is 2.75 bits per heavy atom. The van der Waals surface area contributed by atoms with Gasteiger partial charge >= 0.3 is 0 Å². The molecule has 0 heterocycles. The number of sulfone groups is 1. The van der Waals surface area contributed by atoms with E-state index in [-0.39, 0.29) is 17.5 Å². The molecule has 0 aliphatic heterocycles. The van der Waals surface area contributed by atoms with E-state index >= 15 is 0 Å². The van der Waals surface area contributed by atoms with E-state index < -0.39 is 9.84 Å². The van der Waals surface area contributed by atoms with Gasteiger partial charge in [-0.2, -0.15) is 0 Å². The first-order valence-corrected chi connectivity index (χ1v) is 5.75. The zero-order valence-corrected chi connectivity index (χ0v) is 7.64. The van der Waals surface area contributed by atoms with Crippen LogP contribution in [0.15, 0.2) is 24.1 Å². The average molecular weight is 190 g/mol. The van der Waals surface area contributed by atoms with Crippen molar-refractivity contribution in [3.63, 3.8) is 0 Å². The van der Waals surface area contributed by atoms with E-state index in [1.807, 2.05) is 0 Å². The van der Waals surface area contributed by atoms with Crippen molar-refractivity contribution in [2.24, 2.45) is 5.92 Å². The summed E-state index contributed by atoms with van der Waals surface area (Å²) in [4.78, 5) is 0. The van der Waals surface area contributed by atoms with Crippen molar-refractivity contribution in [2.75, 3.05) is 12.0 Å². The molecule has 2 nitrogen and oxygen atoms in total. The van der Waals surface area contributed by atoms with Gasteiger partial charge in [0.25, 0.3) is 0 Å². The molecule has 1 aliphatic carbocycles. The van der Waals surface area contributed by atoms with E-state index in [2.05, 4.69) is 0 Å². The molecule has 1 rings (SSSR count). The van der Waals surface area contributed by atoms with E-state index in [0.717, 1.165) is 0 Å². The molecular weight excluding hydrogens is 179 g/mol. The molecule has 4 heteroatoms. The maximum Gasteiger partial charge on any atom is 0.148 e. The standard InChI is InChI=1S/C8H11FO2S/c1-12(10,11)6-7-2-4-8(9)5-3-7/h2,4-5,7H,3,6H2,1H3. The van der Waals surface area contributed by atoms with Crippen LogP contribution in [0.1, 0.15) is 6.42 Å². The van der Waals surface area contributed by atoms with Gasteiger partial charge in [0.05, 0.1) is 5.75 Å². The highest BCUT2D eigenvalue weighted by Gasteiger charge is 2.14. The zero-order chi connectivity index (χ0) is 9.19. The van der Waals surface area contributed by atoms with Gasteiger partial charge in [-0.25, -0.2) is 12.8 Å². The summed E-state index contributed by atoms with van der Waals surface area (Å²) in [6, 6.07) is 0. The van der Waals surface area contributed by atoms with Crippen LogP contribution in [-0.4, -0.2) is 20.4 Å². The minimum Gasteiger partial charge on any atom is -0.229 e. The first-order valence-electron chi connectivity index (χ1n) is 3.69. The van der Waals surface area contributed by atoms with Crippen LogP contribution in [0.5, 0.6) is 0 Å². The molecule has 0 spiro atoms. The van der Waals surface area contributed by atoms with Crippen LogP contribution in [0, 0.1) is 5.92 Å². The Morgan fingerprint density at radius 1 is 1.67 bits per heavy atom. The number of halogens is 1. The number of rotatable bonds is 2.